The summed E-state index contributed by atoms with van der Waals surface area (Å²) in [6, 6.07) is 13.0. The van der Waals surface area contributed by atoms with Crippen LogP contribution in [-0.2, 0) is 13.6 Å². The van der Waals surface area contributed by atoms with Crippen molar-refractivity contribution in [1.29, 1.82) is 0 Å². The molecule has 4 aromatic heterocycles. The molecule has 0 radical (unpaired) electrons. The van der Waals surface area contributed by atoms with Crippen molar-refractivity contribution < 1.29 is 9.50 Å². The van der Waals surface area contributed by atoms with Gasteiger partial charge in [-0.25, -0.2) is 19.3 Å². The lowest BCUT2D eigenvalue weighted by Gasteiger charge is -2.56. The highest BCUT2D eigenvalue weighted by Crippen LogP contribution is 2.37. The fraction of sp³-hybridized carbons (Fsp3) is 0.259. The first-order valence-electron chi connectivity index (χ1n) is 12.3. The largest absolute Gasteiger partial charge is 0.508 e. The Labute approximate surface area is 212 Å². The number of halogens is 1. The summed E-state index contributed by atoms with van der Waals surface area (Å²) in [6.07, 6.45) is 6.32. The third kappa shape index (κ3) is 3.72. The van der Waals surface area contributed by atoms with Crippen LogP contribution >= 0.6 is 0 Å². The summed E-state index contributed by atoms with van der Waals surface area (Å²) in [5.41, 5.74) is 5.07. The van der Waals surface area contributed by atoms with E-state index in [1.165, 1.54) is 18.2 Å². The second-order valence-electron chi connectivity index (χ2n) is 9.81. The Morgan fingerprint density at radius 3 is 2.68 bits per heavy atom. The Balaban J connectivity index is 1.09. The summed E-state index contributed by atoms with van der Waals surface area (Å²) in [7, 11) is 1.91. The maximum absolute atomic E-state index is 13.7. The minimum atomic E-state index is -0.321. The van der Waals surface area contributed by atoms with Crippen LogP contribution in [0.1, 0.15) is 12.0 Å². The predicted molar refractivity (Wildman–Crippen MR) is 137 cm³/mol. The molecule has 0 saturated carbocycles. The molecule has 3 aliphatic heterocycles. The molecule has 3 saturated heterocycles. The van der Waals surface area contributed by atoms with Gasteiger partial charge >= 0.3 is 0 Å². The summed E-state index contributed by atoms with van der Waals surface area (Å²) in [5.74, 6) is 0.758. The quantitative estimate of drug-likeness (QED) is 0.383. The molecule has 2 bridgehead atoms. The van der Waals surface area contributed by atoms with Gasteiger partial charge < -0.3 is 15.0 Å². The van der Waals surface area contributed by atoms with Crippen molar-refractivity contribution in [2.24, 2.45) is 7.05 Å². The van der Waals surface area contributed by atoms with Gasteiger partial charge in [0.2, 0.25) is 0 Å². The van der Waals surface area contributed by atoms with Crippen LogP contribution in [0.3, 0.4) is 0 Å². The van der Waals surface area contributed by atoms with E-state index in [0.29, 0.717) is 24.2 Å². The molecule has 8 rings (SSSR count). The van der Waals surface area contributed by atoms with Gasteiger partial charge in [0, 0.05) is 67.7 Å². The monoisotopic (exact) mass is 496 g/mol. The minimum absolute atomic E-state index is 0.147. The fourth-order valence-electron chi connectivity index (χ4n) is 5.67. The lowest BCUT2D eigenvalue weighted by molar-refractivity contribution is -0.00921. The van der Waals surface area contributed by atoms with Crippen LogP contribution < -0.4 is 4.90 Å². The molecule has 2 unspecified atom stereocenters. The second-order valence-corrected chi connectivity index (χ2v) is 9.81. The number of piperazine rings is 1. The average molecular weight is 497 g/mol. The molecule has 37 heavy (non-hydrogen) atoms. The first kappa shape index (κ1) is 21.9. The standard InChI is InChI=1S/C27H25FN8O/c1-34-23(6-7-32-34)22-10-21-26(30-15-31-27(21)33-22)16-2-5-25(29-11-16)35-13-19-9-20(14-35)36(19)12-17-8-18(28)3-4-24(17)37/h2-8,10-11,15,19-20,37H,9,12-14H2,1H3,(H,30,31,33). The number of aromatic nitrogens is 6. The number of aryl methyl sites for hydroxylation is 1. The second kappa shape index (κ2) is 8.38. The molecule has 186 valence electrons. The molecule has 2 atom stereocenters. The van der Waals surface area contributed by atoms with Gasteiger partial charge in [0.1, 0.15) is 29.4 Å². The van der Waals surface area contributed by atoms with Crippen LogP contribution in [0.4, 0.5) is 10.2 Å². The van der Waals surface area contributed by atoms with Crippen LogP contribution in [0.15, 0.2) is 61.2 Å². The zero-order chi connectivity index (χ0) is 25.1. The van der Waals surface area contributed by atoms with Crippen molar-refractivity contribution in [2.45, 2.75) is 25.0 Å². The number of hydrogen-bond acceptors (Lipinski definition) is 7. The number of pyridine rings is 1. The number of H-pyrrole nitrogens is 1. The normalized spacial score (nSPS) is 19.4. The van der Waals surface area contributed by atoms with Gasteiger partial charge in [0.15, 0.2) is 0 Å². The Bertz CT molecular complexity index is 1600. The summed E-state index contributed by atoms with van der Waals surface area (Å²) >= 11 is 0. The van der Waals surface area contributed by atoms with E-state index in [1.54, 1.807) is 12.5 Å². The van der Waals surface area contributed by atoms with Crippen molar-refractivity contribution >= 4 is 16.9 Å². The van der Waals surface area contributed by atoms with Gasteiger partial charge in [-0.15, -0.1) is 0 Å². The van der Waals surface area contributed by atoms with E-state index in [-0.39, 0.29) is 11.6 Å². The molecular formula is C27H25FN8O. The van der Waals surface area contributed by atoms with Gasteiger partial charge in [-0.2, -0.15) is 5.10 Å². The molecule has 0 amide bonds. The molecule has 5 aromatic rings. The summed E-state index contributed by atoms with van der Waals surface area (Å²) in [5, 5.41) is 15.3. The van der Waals surface area contributed by atoms with Crippen LogP contribution in [-0.4, -0.2) is 64.9 Å². The van der Waals surface area contributed by atoms with Crippen molar-refractivity contribution in [3.63, 3.8) is 0 Å². The van der Waals surface area contributed by atoms with E-state index in [2.05, 4.69) is 42.0 Å². The topological polar surface area (TPSA) is 99.0 Å². The Kier molecular flexibility index (Phi) is 4.97. The van der Waals surface area contributed by atoms with Crippen LogP contribution in [0.25, 0.3) is 33.7 Å². The van der Waals surface area contributed by atoms with Crippen molar-refractivity contribution in [2.75, 3.05) is 18.0 Å². The van der Waals surface area contributed by atoms with Crippen molar-refractivity contribution in [3.8, 4) is 28.4 Å². The number of fused-ring (bicyclic) bond motifs is 3. The highest BCUT2D eigenvalue weighted by molar-refractivity contribution is 5.93. The van der Waals surface area contributed by atoms with Gasteiger partial charge in [-0.1, -0.05) is 0 Å². The Hall–Kier alpha value is -4.31. The molecule has 3 fully saturated rings. The number of benzene rings is 1. The van der Waals surface area contributed by atoms with E-state index in [1.807, 2.05) is 30.1 Å². The number of nitrogens with zero attached hydrogens (tertiary/aromatic N) is 7. The number of aromatic hydroxyl groups is 1. The van der Waals surface area contributed by atoms with E-state index < -0.39 is 0 Å². The number of nitrogens with one attached hydrogen (secondary N) is 1. The minimum Gasteiger partial charge on any atom is -0.508 e. The van der Waals surface area contributed by atoms with Gasteiger partial charge in [-0.05, 0) is 48.9 Å². The summed E-state index contributed by atoms with van der Waals surface area (Å²) in [6.45, 7) is 2.26. The third-order valence-electron chi connectivity index (χ3n) is 7.61. The van der Waals surface area contributed by atoms with Crippen LogP contribution in [0, 0.1) is 5.82 Å². The number of hydrogen-bond donors (Lipinski definition) is 2. The number of aromatic amines is 1. The smallest absolute Gasteiger partial charge is 0.141 e. The van der Waals surface area contributed by atoms with Gasteiger partial charge in [0.05, 0.1) is 17.1 Å². The molecule has 3 aliphatic rings. The van der Waals surface area contributed by atoms with Crippen molar-refractivity contribution in [1.82, 2.24) is 34.6 Å². The Morgan fingerprint density at radius 1 is 1.05 bits per heavy atom. The third-order valence-corrected chi connectivity index (χ3v) is 7.61. The van der Waals surface area contributed by atoms with E-state index in [9.17, 15) is 9.50 Å². The number of rotatable bonds is 5. The first-order chi connectivity index (χ1) is 18.0. The summed E-state index contributed by atoms with van der Waals surface area (Å²) in [4.78, 5) is 21.8. The lowest BCUT2D eigenvalue weighted by Crippen LogP contribution is -2.68. The van der Waals surface area contributed by atoms with Crippen LogP contribution in [0.5, 0.6) is 5.75 Å². The van der Waals surface area contributed by atoms with Gasteiger partial charge in [0.25, 0.3) is 0 Å². The number of anilines is 1. The predicted octanol–water partition coefficient (Wildman–Crippen LogP) is 3.73. The zero-order valence-electron chi connectivity index (χ0n) is 20.2. The first-order valence-corrected chi connectivity index (χ1v) is 12.3. The SMILES string of the molecule is Cn1nccc1-c1cc2c(-c3ccc(N4CC5CC(C4)N5Cc4cc(F)ccc4O)nc3)ncnc2[nH]1. The van der Waals surface area contributed by atoms with E-state index in [4.69, 9.17) is 4.98 Å². The molecule has 2 N–H and O–H groups in total. The number of phenols is 1. The molecule has 7 heterocycles. The molecule has 1 aromatic carbocycles. The molecule has 0 spiro atoms. The number of piperidine rings is 1. The highest BCUT2D eigenvalue weighted by atomic mass is 19.1. The van der Waals surface area contributed by atoms with Crippen molar-refractivity contribution in [3.05, 3.63) is 72.6 Å². The molecule has 9 nitrogen and oxygen atoms in total. The Morgan fingerprint density at radius 2 is 1.92 bits per heavy atom. The van der Waals surface area contributed by atoms with E-state index >= 15 is 0 Å². The zero-order valence-corrected chi connectivity index (χ0v) is 20.2. The summed E-state index contributed by atoms with van der Waals surface area (Å²) < 4.78 is 15.5. The maximum Gasteiger partial charge on any atom is 0.141 e. The highest BCUT2D eigenvalue weighted by Gasteiger charge is 2.44. The van der Waals surface area contributed by atoms with Crippen LogP contribution in [0.2, 0.25) is 0 Å². The van der Waals surface area contributed by atoms with Gasteiger partial charge in [-0.3, -0.25) is 9.58 Å². The molecular weight excluding hydrogens is 471 g/mol. The fourth-order valence-corrected chi connectivity index (χ4v) is 5.67. The molecule has 10 heteroatoms. The lowest BCUT2D eigenvalue weighted by atomic mass is 9.86. The molecule has 0 aliphatic carbocycles. The number of phenolic OH excluding ortho intramolecular Hbond substituents is 1. The average Bonchev–Trinajstić information content (AvgIpc) is 3.55. The maximum atomic E-state index is 13.7. The van der Waals surface area contributed by atoms with E-state index in [0.717, 1.165) is 59.0 Å².